The summed E-state index contributed by atoms with van der Waals surface area (Å²) in [6.07, 6.45) is 2.14. The lowest BCUT2D eigenvalue weighted by molar-refractivity contribution is 0.0135. The number of hydrogen-bond donors (Lipinski definition) is 1. The molecule has 1 aromatic carbocycles. The summed E-state index contributed by atoms with van der Waals surface area (Å²) in [6, 6.07) is 10.2. The highest BCUT2D eigenvalue weighted by Gasteiger charge is 2.31. The molecular formula is C16H25NO. The molecule has 0 bridgehead atoms. The SMILES string of the molecule is CC(C(O)c1ccccc1)N1CCCC(C)(C)C1. The third-order valence-corrected chi connectivity index (χ3v) is 4.10. The summed E-state index contributed by atoms with van der Waals surface area (Å²) >= 11 is 0. The molecule has 1 heterocycles. The number of rotatable bonds is 3. The van der Waals surface area contributed by atoms with Crippen LogP contribution in [-0.2, 0) is 0 Å². The van der Waals surface area contributed by atoms with Crippen LogP contribution in [0.25, 0.3) is 0 Å². The van der Waals surface area contributed by atoms with Crippen LogP contribution in [0.5, 0.6) is 0 Å². The lowest BCUT2D eigenvalue weighted by atomic mass is 9.83. The summed E-state index contributed by atoms with van der Waals surface area (Å²) in [7, 11) is 0. The number of likely N-dealkylation sites (tertiary alicyclic amines) is 1. The minimum Gasteiger partial charge on any atom is -0.387 e. The topological polar surface area (TPSA) is 23.5 Å². The van der Waals surface area contributed by atoms with Crippen LogP contribution in [0.1, 0.15) is 45.3 Å². The molecule has 1 aliphatic rings. The Kier molecular flexibility index (Phi) is 4.08. The Labute approximate surface area is 111 Å². The van der Waals surface area contributed by atoms with Crippen LogP contribution in [0.4, 0.5) is 0 Å². The summed E-state index contributed by atoms with van der Waals surface area (Å²) in [5, 5.41) is 10.5. The first kappa shape index (κ1) is 13.6. The van der Waals surface area contributed by atoms with Gasteiger partial charge in [-0.1, -0.05) is 44.2 Å². The van der Waals surface area contributed by atoms with Crippen molar-refractivity contribution in [3.63, 3.8) is 0 Å². The number of aliphatic hydroxyl groups is 1. The van der Waals surface area contributed by atoms with Crippen LogP contribution in [0.2, 0.25) is 0 Å². The highest BCUT2D eigenvalue weighted by atomic mass is 16.3. The van der Waals surface area contributed by atoms with Crippen molar-refractivity contribution in [1.29, 1.82) is 0 Å². The van der Waals surface area contributed by atoms with Crippen LogP contribution >= 0.6 is 0 Å². The van der Waals surface area contributed by atoms with E-state index in [4.69, 9.17) is 0 Å². The van der Waals surface area contributed by atoms with Crippen molar-refractivity contribution in [2.45, 2.75) is 45.8 Å². The number of nitrogens with zero attached hydrogens (tertiary/aromatic N) is 1. The molecule has 2 rings (SSSR count). The molecule has 1 aliphatic heterocycles. The van der Waals surface area contributed by atoms with E-state index in [0.717, 1.165) is 18.7 Å². The van der Waals surface area contributed by atoms with E-state index < -0.39 is 0 Å². The third-order valence-electron chi connectivity index (χ3n) is 4.10. The highest BCUT2D eigenvalue weighted by Crippen LogP contribution is 2.32. The highest BCUT2D eigenvalue weighted by molar-refractivity contribution is 5.18. The minimum atomic E-state index is -0.389. The molecule has 18 heavy (non-hydrogen) atoms. The molecule has 2 unspecified atom stereocenters. The second-order valence-corrected chi connectivity index (χ2v) is 6.33. The Morgan fingerprint density at radius 3 is 2.50 bits per heavy atom. The number of benzene rings is 1. The van der Waals surface area contributed by atoms with Crippen LogP contribution < -0.4 is 0 Å². The summed E-state index contributed by atoms with van der Waals surface area (Å²) in [4.78, 5) is 2.43. The monoisotopic (exact) mass is 247 g/mol. The van der Waals surface area contributed by atoms with Crippen molar-refractivity contribution < 1.29 is 5.11 Å². The van der Waals surface area contributed by atoms with E-state index in [1.165, 1.54) is 12.8 Å². The lowest BCUT2D eigenvalue weighted by Crippen LogP contribution is -2.46. The first-order chi connectivity index (χ1) is 8.49. The number of aliphatic hydroxyl groups excluding tert-OH is 1. The van der Waals surface area contributed by atoms with Gasteiger partial charge in [-0.25, -0.2) is 0 Å². The van der Waals surface area contributed by atoms with Crippen molar-refractivity contribution in [3.8, 4) is 0 Å². The Balaban J connectivity index is 2.05. The minimum absolute atomic E-state index is 0.187. The Morgan fingerprint density at radius 2 is 1.89 bits per heavy atom. The summed E-state index contributed by atoms with van der Waals surface area (Å²) < 4.78 is 0. The quantitative estimate of drug-likeness (QED) is 0.886. The first-order valence-corrected chi connectivity index (χ1v) is 6.97. The second kappa shape index (κ2) is 5.41. The first-order valence-electron chi connectivity index (χ1n) is 6.97. The van der Waals surface area contributed by atoms with Crippen molar-refractivity contribution in [1.82, 2.24) is 4.90 Å². The van der Waals surface area contributed by atoms with Crippen molar-refractivity contribution in [2.75, 3.05) is 13.1 Å². The van der Waals surface area contributed by atoms with Gasteiger partial charge in [0.25, 0.3) is 0 Å². The molecule has 2 atom stereocenters. The van der Waals surface area contributed by atoms with E-state index in [2.05, 4.69) is 25.7 Å². The maximum absolute atomic E-state index is 10.5. The summed E-state index contributed by atoms with van der Waals surface area (Å²) in [5.74, 6) is 0. The summed E-state index contributed by atoms with van der Waals surface area (Å²) in [5.41, 5.74) is 1.40. The molecule has 0 radical (unpaired) electrons. The van der Waals surface area contributed by atoms with E-state index in [0.29, 0.717) is 5.41 Å². The fourth-order valence-electron chi connectivity index (χ4n) is 2.94. The standard InChI is InChI=1S/C16H25NO/c1-13(15(18)14-8-5-4-6-9-14)17-11-7-10-16(2,3)12-17/h4-6,8-9,13,15,18H,7,10-12H2,1-3H3. The fraction of sp³-hybridized carbons (Fsp3) is 0.625. The van der Waals surface area contributed by atoms with Gasteiger partial charge in [0.2, 0.25) is 0 Å². The normalized spacial score (nSPS) is 23.6. The molecule has 1 N–H and O–H groups in total. The van der Waals surface area contributed by atoms with Gasteiger partial charge in [-0.05, 0) is 37.3 Å². The zero-order valence-corrected chi connectivity index (χ0v) is 11.8. The molecule has 0 amide bonds. The van der Waals surface area contributed by atoms with Gasteiger partial charge in [-0.15, -0.1) is 0 Å². The van der Waals surface area contributed by atoms with Gasteiger partial charge in [0.15, 0.2) is 0 Å². The smallest absolute Gasteiger partial charge is 0.0942 e. The molecule has 1 saturated heterocycles. The predicted octanol–water partition coefficient (Wildman–Crippen LogP) is 3.23. The van der Waals surface area contributed by atoms with Gasteiger partial charge >= 0.3 is 0 Å². The maximum atomic E-state index is 10.5. The van der Waals surface area contributed by atoms with Gasteiger partial charge in [-0.3, -0.25) is 4.90 Å². The van der Waals surface area contributed by atoms with Crippen LogP contribution in [0.15, 0.2) is 30.3 Å². The molecule has 1 fully saturated rings. The van der Waals surface area contributed by atoms with Crippen molar-refractivity contribution in [2.24, 2.45) is 5.41 Å². The van der Waals surface area contributed by atoms with Crippen molar-refractivity contribution in [3.05, 3.63) is 35.9 Å². The van der Waals surface area contributed by atoms with Gasteiger partial charge in [0.05, 0.1) is 6.10 Å². The van der Waals surface area contributed by atoms with E-state index in [1.807, 2.05) is 30.3 Å². The van der Waals surface area contributed by atoms with Gasteiger partial charge in [-0.2, -0.15) is 0 Å². The molecule has 2 heteroatoms. The summed E-state index contributed by atoms with van der Waals surface area (Å²) in [6.45, 7) is 8.97. The largest absolute Gasteiger partial charge is 0.387 e. The molecule has 2 nitrogen and oxygen atoms in total. The third kappa shape index (κ3) is 3.12. The zero-order chi connectivity index (χ0) is 13.2. The maximum Gasteiger partial charge on any atom is 0.0942 e. The number of hydrogen-bond acceptors (Lipinski definition) is 2. The second-order valence-electron chi connectivity index (χ2n) is 6.33. The Hall–Kier alpha value is -0.860. The molecule has 0 spiro atoms. The van der Waals surface area contributed by atoms with Gasteiger partial charge < -0.3 is 5.11 Å². The molecule has 0 aromatic heterocycles. The Bertz CT molecular complexity index is 374. The number of piperidine rings is 1. The molecule has 100 valence electrons. The zero-order valence-electron chi connectivity index (χ0n) is 11.8. The average molecular weight is 247 g/mol. The Morgan fingerprint density at radius 1 is 1.22 bits per heavy atom. The fourth-order valence-corrected chi connectivity index (χ4v) is 2.94. The molecule has 0 saturated carbocycles. The predicted molar refractivity (Wildman–Crippen MR) is 75.5 cm³/mol. The van der Waals surface area contributed by atoms with E-state index in [9.17, 15) is 5.11 Å². The molecular weight excluding hydrogens is 222 g/mol. The van der Waals surface area contributed by atoms with Crippen LogP contribution in [0.3, 0.4) is 0 Å². The van der Waals surface area contributed by atoms with Crippen molar-refractivity contribution >= 4 is 0 Å². The lowest BCUT2D eigenvalue weighted by Gasteiger charge is -2.42. The van der Waals surface area contributed by atoms with Gasteiger partial charge in [0, 0.05) is 12.6 Å². The average Bonchev–Trinajstić information content (AvgIpc) is 2.37. The van der Waals surface area contributed by atoms with E-state index in [1.54, 1.807) is 0 Å². The van der Waals surface area contributed by atoms with Gasteiger partial charge in [0.1, 0.15) is 0 Å². The van der Waals surface area contributed by atoms with Crippen LogP contribution in [0, 0.1) is 5.41 Å². The van der Waals surface area contributed by atoms with Crippen LogP contribution in [-0.4, -0.2) is 29.1 Å². The van der Waals surface area contributed by atoms with E-state index in [-0.39, 0.29) is 12.1 Å². The molecule has 1 aromatic rings. The van der Waals surface area contributed by atoms with E-state index >= 15 is 0 Å². The molecule has 0 aliphatic carbocycles.